The van der Waals surface area contributed by atoms with Crippen LogP contribution >= 0.6 is 0 Å². The number of hydrogen-bond donors (Lipinski definition) is 3. The summed E-state index contributed by atoms with van der Waals surface area (Å²) in [5, 5.41) is 14.6. The van der Waals surface area contributed by atoms with E-state index < -0.39 is 22.4 Å². The average Bonchev–Trinajstić information content (AvgIpc) is 2.97. The number of H-pyrrole nitrogens is 1. The van der Waals surface area contributed by atoms with E-state index in [0.29, 0.717) is 5.82 Å². The summed E-state index contributed by atoms with van der Waals surface area (Å²) in [6.45, 7) is -0.492. The minimum absolute atomic E-state index is 0.0123. The summed E-state index contributed by atoms with van der Waals surface area (Å²) in [7, 11) is -3.87. The largest absolute Gasteiger partial charge is 0.384 e. The molecule has 0 atom stereocenters. The van der Waals surface area contributed by atoms with Gasteiger partial charge < -0.3 is 5.11 Å². The minimum atomic E-state index is -3.87. The van der Waals surface area contributed by atoms with E-state index >= 15 is 0 Å². The molecule has 0 fully saturated rings. The smallest absolute Gasteiger partial charge is 0.241 e. The van der Waals surface area contributed by atoms with Gasteiger partial charge in [0.25, 0.3) is 0 Å². The Morgan fingerprint density at radius 2 is 2.24 bits per heavy atom. The van der Waals surface area contributed by atoms with Crippen molar-refractivity contribution in [3.05, 3.63) is 41.7 Å². The maximum Gasteiger partial charge on any atom is 0.241 e. The summed E-state index contributed by atoms with van der Waals surface area (Å²) in [5.41, 5.74) is 0.0123. The number of aliphatic hydroxyl groups excluding tert-OH is 1. The molecule has 110 valence electrons. The molecule has 2 rings (SSSR count). The van der Waals surface area contributed by atoms with Crippen molar-refractivity contribution in [2.75, 3.05) is 6.61 Å². The molecule has 1 aromatic heterocycles. The lowest BCUT2D eigenvalue weighted by atomic mass is 10.2. The molecule has 1 aromatic carbocycles. The van der Waals surface area contributed by atoms with E-state index in [0.717, 1.165) is 6.07 Å². The molecule has 9 heteroatoms. The standard InChI is InChI=1S/C12H11FN4O3S/c13-11-6-10(4-3-9(11)2-1-5-18)21(19,20)16-7-12-14-8-15-17-12/h3-4,6,8,16,18H,5,7H2,(H,14,15,17). The van der Waals surface area contributed by atoms with Gasteiger partial charge in [0.2, 0.25) is 10.0 Å². The highest BCUT2D eigenvalue weighted by molar-refractivity contribution is 7.89. The molecule has 0 unspecified atom stereocenters. The summed E-state index contributed by atoms with van der Waals surface area (Å²) in [5.74, 6) is 4.23. The quantitative estimate of drug-likeness (QED) is 0.676. The molecule has 21 heavy (non-hydrogen) atoms. The number of aliphatic hydroxyl groups is 1. The van der Waals surface area contributed by atoms with Crippen LogP contribution in [0.4, 0.5) is 4.39 Å². The summed E-state index contributed by atoms with van der Waals surface area (Å²) in [6.07, 6.45) is 1.25. The average molecular weight is 310 g/mol. The highest BCUT2D eigenvalue weighted by Gasteiger charge is 2.16. The van der Waals surface area contributed by atoms with Crippen LogP contribution in [-0.2, 0) is 16.6 Å². The van der Waals surface area contributed by atoms with E-state index in [1.807, 2.05) is 0 Å². The topological polar surface area (TPSA) is 108 Å². The molecular formula is C12H11FN4O3S. The number of nitrogens with zero attached hydrogens (tertiary/aromatic N) is 2. The van der Waals surface area contributed by atoms with Crippen molar-refractivity contribution in [3.8, 4) is 11.8 Å². The maximum atomic E-state index is 13.7. The number of rotatable bonds is 4. The predicted molar refractivity (Wildman–Crippen MR) is 70.8 cm³/mol. The molecule has 0 radical (unpaired) electrons. The van der Waals surface area contributed by atoms with E-state index in [4.69, 9.17) is 5.11 Å². The van der Waals surface area contributed by atoms with Crippen LogP contribution in [-0.4, -0.2) is 35.3 Å². The predicted octanol–water partition coefficient (Wildman–Crippen LogP) is -0.234. The second-order valence-corrected chi connectivity index (χ2v) is 5.63. The van der Waals surface area contributed by atoms with Crippen LogP contribution in [0.3, 0.4) is 0 Å². The molecule has 0 saturated heterocycles. The van der Waals surface area contributed by atoms with Crippen molar-refractivity contribution in [1.82, 2.24) is 19.9 Å². The first-order valence-electron chi connectivity index (χ1n) is 5.76. The van der Waals surface area contributed by atoms with Gasteiger partial charge in [-0.05, 0) is 18.2 Å². The number of aromatic nitrogens is 3. The van der Waals surface area contributed by atoms with Crippen molar-refractivity contribution in [1.29, 1.82) is 0 Å². The van der Waals surface area contributed by atoms with E-state index in [1.165, 1.54) is 18.5 Å². The maximum absolute atomic E-state index is 13.7. The number of benzene rings is 1. The second kappa shape index (κ2) is 6.45. The van der Waals surface area contributed by atoms with Gasteiger partial charge in [-0.25, -0.2) is 22.5 Å². The van der Waals surface area contributed by atoms with Crippen LogP contribution in [0.5, 0.6) is 0 Å². The third kappa shape index (κ3) is 3.85. The van der Waals surface area contributed by atoms with Crippen molar-refractivity contribution < 1.29 is 17.9 Å². The first-order chi connectivity index (χ1) is 10.0. The van der Waals surface area contributed by atoms with Gasteiger partial charge in [-0.1, -0.05) is 11.8 Å². The van der Waals surface area contributed by atoms with Crippen LogP contribution in [0.1, 0.15) is 11.4 Å². The van der Waals surface area contributed by atoms with Gasteiger partial charge in [-0.3, -0.25) is 5.10 Å². The third-order valence-electron chi connectivity index (χ3n) is 2.45. The van der Waals surface area contributed by atoms with Gasteiger partial charge in [-0.15, -0.1) is 0 Å². The summed E-state index contributed by atoms with van der Waals surface area (Å²) >= 11 is 0. The van der Waals surface area contributed by atoms with Crippen LogP contribution in [0, 0.1) is 17.7 Å². The second-order valence-electron chi connectivity index (χ2n) is 3.86. The Labute approximate surface area is 120 Å². The Hall–Kier alpha value is -2.28. The highest BCUT2D eigenvalue weighted by Crippen LogP contribution is 2.14. The van der Waals surface area contributed by atoms with Gasteiger partial charge >= 0.3 is 0 Å². The van der Waals surface area contributed by atoms with Crippen LogP contribution in [0.25, 0.3) is 0 Å². The monoisotopic (exact) mass is 310 g/mol. The Morgan fingerprint density at radius 3 is 2.86 bits per heavy atom. The van der Waals surface area contributed by atoms with Crippen LogP contribution in [0.2, 0.25) is 0 Å². The van der Waals surface area contributed by atoms with Crippen molar-refractivity contribution in [2.45, 2.75) is 11.4 Å². The molecule has 0 bridgehead atoms. The minimum Gasteiger partial charge on any atom is -0.384 e. The molecule has 0 saturated carbocycles. The number of sulfonamides is 1. The molecule has 0 spiro atoms. The van der Waals surface area contributed by atoms with E-state index in [9.17, 15) is 12.8 Å². The molecule has 0 aliphatic carbocycles. The SMILES string of the molecule is O=S(=O)(NCc1ncn[nH]1)c1ccc(C#CCO)c(F)c1. The Balaban J connectivity index is 2.18. The van der Waals surface area contributed by atoms with E-state index in [2.05, 4.69) is 31.7 Å². The molecule has 0 amide bonds. The Kier molecular flexibility index (Phi) is 4.64. The van der Waals surface area contributed by atoms with Gasteiger partial charge in [-0.2, -0.15) is 5.10 Å². The fourth-order valence-electron chi connectivity index (χ4n) is 1.46. The van der Waals surface area contributed by atoms with Crippen molar-refractivity contribution >= 4 is 10.0 Å². The van der Waals surface area contributed by atoms with Crippen molar-refractivity contribution in [3.63, 3.8) is 0 Å². The zero-order chi connectivity index (χ0) is 15.3. The van der Waals surface area contributed by atoms with E-state index in [-0.39, 0.29) is 17.0 Å². The molecule has 0 aliphatic heterocycles. The number of hydrogen-bond acceptors (Lipinski definition) is 5. The van der Waals surface area contributed by atoms with Gasteiger partial charge in [0.15, 0.2) is 0 Å². The van der Waals surface area contributed by atoms with Gasteiger partial charge in [0.1, 0.15) is 24.6 Å². The van der Waals surface area contributed by atoms with Gasteiger partial charge in [0.05, 0.1) is 17.0 Å². The molecule has 7 nitrogen and oxygen atoms in total. The fraction of sp³-hybridized carbons (Fsp3) is 0.167. The summed E-state index contributed by atoms with van der Waals surface area (Å²) in [6, 6.07) is 3.33. The van der Waals surface area contributed by atoms with Crippen LogP contribution in [0.15, 0.2) is 29.4 Å². The first kappa shape index (κ1) is 15.1. The fourth-order valence-corrected chi connectivity index (χ4v) is 2.46. The van der Waals surface area contributed by atoms with Gasteiger partial charge in [0, 0.05) is 0 Å². The zero-order valence-corrected chi connectivity index (χ0v) is 11.5. The number of nitrogens with one attached hydrogen (secondary N) is 2. The summed E-state index contributed by atoms with van der Waals surface area (Å²) < 4.78 is 40.0. The number of halogens is 1. The normalized spacial score (nSPS) is 11.0. The van der Waals surface area contributed by atoms with E-state index in [1.54, 1.807) is 0 Å². The van der Waals surface area contributed by atoms with Crippen molar-refractivity contribution in [2.24, 2.45) is 0 Å². The lowest BCUT2D eigenvalue weighted by Crippen LogP contribution is -2.24. The molecule has 1 heterocycles. The first-order valence-corrected chi connectivity index (χ1v) is 7.24. The molecule has 3 N–H and O–H groups in total. The van der Waals surface area contributed by atoms with Crippen LogP contribution < -0.4 is 4.72 Å². The molecular weight excluding hydrogens is 299 g/mol. The lowest BCUT2D eigenvalue weighted by molar-refractivity contribution is 0.350. The molecule has 2 aromatic rings. The number of aromatic amines is 1. The Bertz CT molecular complexity index is 779. The summed E-state index contributed by atoms with van der Waals surface area (Å²) in [4.78, 5) is 3.54. The zero-order valence-electron chi connectivity index (χ0n) is 10.7. The Morgan fingerprint density at radius 1 is 1.43 bits per heavy atom. The molecule has 0 aliphatic rings. The highest BCUT2D eigenvalue weighted by atomic mass is 32.2. The lowest BCUT2D eigenvalue weighted by Gasteiger charge is -2.06. The third-order valence-corrected chi connectivity index (χ3v) is 3.85.